The van der Waals surface area contributed by atoms with E-state index in [0.717, 1.165) is 22.1 Å². The Hall–Kier alpha value is -3.58. The topological polar surface area (TPSA) is 80.8 Å². The molecule has 0 amide bonds. The lowest BCUT2D eigenvalue weighted by Crippen LogP contribution is -2.10. The van der Waals surface area contributed by atoms with Crippen molar-refractivity contribution < 1.29 is 4.74 Å². The minimum atomic E-state index is -0.212. The molecular weight excluding hydrogens is 384 g/mol. The Labute approximate surface area is 169 Å². The Kier molecular flexibility index (Phi) is 4.50. The zero-order valence-corrected chi connectivity index (χ0v) is 16.1. The summed E-state index contributed by atoms with van der Waals surface area (Å²) in [7, 11) is 0. The van der Waals surface area contributed by atoms with Crippen LogP contribution in [0.2, 0.25) is 0 Å². The third-order valence-corrected chi connectivity index (χ3v) is 5.52. The van der Waals surface area contributed by atoms with Crippen LogP contribution in [0.15, 0.2) is 71.2 Å². The number of aromatic amines is 1. The number of pyridine rings is 2. The van der Waals surface area contributed by atoms with Gasteiger partial charge in [-0.15, -0.1) is 11.3 Å². The van der Waals surface area contributed by atoms with Gasteiger partial charge in [0.05, 0.1) is 17.5 Å². The van der Waals surface area contributed by atoms with E-state index >= 15 is 0 Å². The SMILES string of the molecule is O=c1[nH]c(-c2cc3sccc3cn2)nc2ccc(OCCc3cccnc3)cc12. The fraction of sp³-hybridized carbons (Fsp3) is 0.0909. The summed E-state index contributed by atoms with van der Waals surface area (Å²) in [6.07, 6.45) is 6.11. The van der Waals surface area contributed by atoms with E-state index in [2.05, 4.69) is 19.9 Å². The van der Waals surface area contributed by atoms with Crippen LogP contribution in [-0.4, -0.2) is 26.5 Å². The molecule has 0 saturated heterocycles. The number of ether oxygens (including phenoxy) is 1. The van der Waals surface area contributed by atoms with E-state index in [-0.39, 0.29) is 5.56 Å². The average molecular weight is 400 g/mol. The number of rotatable bonds is 5. The molecule has 0 unspecified atom stereocenters. The molecule has 0 saturated carbocycles. The fourth-order valence-corrected chi connectivity index (χ4v) is 3.94. The lowest BCUT2D eigenvalue weighted by molar-refractivity contribution is 0.322. The second-order valence-corrected chi connectivity index (χ2v) is 7.53. The summed E-state index contributed by atoms with van der Waals surface area (Å²) in [5.41, 5.74) is 2.15. The summed E-state index contributed by atoms with van der Waals surface area (Å²) < 4.78 is 6.91. The minimum absolute atomic E-state index is 0.212. The first-order chi connectivity index (χ1) is 14.3. The number of nitrogens with one attached hydrogen (secondary N) is 1. The largest absolute Gasteiger partial charge is 0.493 e. The van der Waals surface area contributed by atoms with Crippen LogP contribution in [0, 0.1) is 0 Å². The Bertz CT molecular complexity index is 1360. The highest BCUT2D eigenvalue weighted by atomic mass is 32.1. The van der Waals surface area contributed by atoms with Gasteiger partial charge in [0.25, 0.3) is 5.56 Å². The fourth-order valence-electron chi connectivity index (χ4n) is 3.15. The molecule has 7 heteroatoms. The third kappa shape index (κ3) is 3.60. The lowest BCUT2D eigenvalue weighted by Gasteiger charge is -2.08. The van der Waals surface area contributed by atoms with E-state index in [1.54, 1.807) is 35.9 Å². The molecule has 0 radical (unpaired) electrons. The molecule has 5 aromatic rings. The van der Waals surface area contributed by atoms with E-state index in [0.29, 0.717) is 34.8 Å². The van der Waals surface area contributed by atoms with Crippen LogP contribution in [-0.2, 0) is 6.42 Å². The molecule has 0 atom stereocenters. The van der Waals surface area contributed by atoms with Gasteiger partial charge in [0, 0.05) is 35.1 Å². The van der Waals surface area contributed by atoms with Crippen molar-refractivity contribution >= 4 is 32.3 Å². The summed E-state index contributed by atoms with van der Waals surface area (Å²) in [4.78, 5) is 28.6. The maximum absolute atomic E-state index is 12.6. The summed E-state index contributed by atoms with van der Waals surface area (Å²) >= 11 is 1.63. The van der Waals surface area contributed by atoms with Gasteiger partial charge >= 0.3 is 0 Å². The molecule has 0 fully saturated rings. The quantitative estimate of drug-likeness (QED) is 0.478. The predicted octanol–water partition coefficient (Wildman–Crippen LogP) is 4.22. The van der Waals surface area contributed by atoms with Crippen molar-refractivity contribution in [2.24, 2.45) is 0 Å². The number of thiophene rings is 1. The highest BCUT2D eigenvalue weighted by Crippen LogP contribution is 2.25. The Morgan fingerprint density at radius 1 is 1.10 bits per heavy atom. The van der Waals surface area contributed by atoms with Crippen molar-refractivity contribution in [2.45, 2.75) is 6.42 Å². The van der Waals surface area contributed by atoms with Crippen molar-refractivity contribution in [1.29, 1.82) is 0 Å². The number of benzene rings is 1. The van der Waals surface area contributed by atoms with Crippen molar-refractivity contribution in [3.63, 3.8) is 0 Å². The van der Waals surface area contributed by atoms with Gasteiger partial charge in [-0.1, -0.05) is 6.07 Å². The molecule has 1 aromatic carbocycles. The van der Waals surface area contributed by atoms with Gasteiger partial charge in [-0.25, -0.2) is 4.98 Å². The molecule has 0 aliphatic rings. The molecule has 4 heterocycles. The smallest absolute Gasteiger partial charge is 0.259 e. The van der Waals surface area contributed by atoms with Gasteiger partial charge in [-0.2, -0.15) is 0 Å². The van der Waals surface area contributed by atoms with Gasteiger partial charge in [-0.05, 0) is 47.3 Å². The van der Waals surface area contributed by atoms with Crippen LogP contribution in [0.1, 0.15) is 5.56 Å². The molecule has 0 bridgehead atoms. The number of hydrogen-bond acceptors (Lipinski definition) is 6. The minimum Gasteiger partial charge on any atom is -0.493 e. The highest BCUT2D eigenvalue weighted by Gasteiger charge is 2.09. The molecule has 142 valence electrons. The lowest BCUT2D eigenvalue weighted by atomic mass is 10.2. The molecule has 0 aliphatic heterocycles. The Balaban J connectivity index is 1.41. The second kappa shape index (κ2) is 7.44. The van der Waals surface area contributed by atoms with Crippen LogP contribution in [0.3, 0.4) is 0 Å². The first-order valence-electron chi connectivity index (χ1n) is 9.16. The van der Waals surface area contributed by atoms with Crippen LogP contribution in [0.5, 0.6) is 5.75 Å². The molecule has 6 nitrogen and oxygen atoms in total. The highest BCUT2D eigenvalue weighted by molar-refractivity contribution is 7.17. The van der Waals surface area contributed by atoms with Gasteiger partial charge in [-0.3, -0.25) is 14.8 Å². The van der Waals surface area contributed by atoms with Gasteiger partial charge in [0.1, 0.15) is 11.4 Å². The van der Waals surface area contributed by atoms with Crippen LogP contribution in [0.25, 0.3) is 32.5 Å². The van der Waals surface area contributed by atoms with E-state index in [1.165, 1.54) is 0 Å². The number of nitrogens with zero attached hydrogens (tertiary/aromatic N) is 3. The van der Waals surface area contributed by atoms with Crippen LogP contribution < -0.4 is 10.3 Å². The molecule has 5 rings (SSSR count). The molecule has 1 N–H and O–H groups in total. The standard InChI is InChI=1S/C22H16N4O2S/c27-22-17-10-16(28-8-5-14-2-1-7-23-12-14)3-4-18(17)25-21(26-22)19-11-20-15(13-24-19)6-9-29-20/h1-4,6-7,9-13H,5,8H2,(H,25,26,27). The van der Waals surface area contributed by atoms with Crippen molar-refractivity contribution in [2.75, 3.05) is 6.61 Å². The molecule has 0 aliphatic carbocycles. The molecule has 29 heavy (non-hydrogen) atoms. The van der Waals surface area contributed by atoms with Gasteiger partial charge in [0.15, 0.2) is 5.82 Å². The maximum atomic E-state index is 12.6. The predicted molar refractivity (Wildman–Crippen MR) is 114 cm³/mol. The zero-order valence-electron chi connectivity index (χ0n) is 15.3. The summed E-state index contributed by atoms with van der Waals surface area (Å²) in [6.45, 7) is 0.505. The summed E-state index contributed by atoms with van der Waals surface area (Å²) in [5.74, 6) is 1.10. The summed E-state index contributed by atoms with van der Waals surface area (Å²) in [5, 5.41) is 3.59. The third-order valence-electron chi connectivity index (χ3n) is 4.64. The first-order valence-corrected chi connectivity index (χ1v) is 10.0. The Morgan fingerprint density at radius 2 is 2.07 bits per heavy atom. The van der Waals surface area contributed by atoms with Gasteiger partial charge < -0.3 is 9.72 Å². The second-order valence-electron chi connectivity index (χ2n) is 6.58. The molecular formula is C22H16N4O2S. The maximum Gasteiger partial charge on any atom is 0.259 e. The number of hydrogen-bond donors (Lipinski definition) is 1. The van der Waals surface area contributed by atoms with Crippen molar-refractivity contribution in [3.05, 3.63) is 82.4 Å². The molecule has 4 aromatic heterocycles. The average Bonchev–Trinajstić information content (AvgIpc) is 3.23. The molecule has 0 spiro atoms. The number of aromatic nitrogens is 4. The number of H-pyrrole nitrogens is 1. The van der Waals surface area contributed by atoms with Crippen molar-refractivity contribution in [1.82, 2.24) is 19.9 Å². The zero-order chi connectivity index (χ0) is 19.6. The van der Waals surface area contributed by atoms with Gasteiger partial charge in [0.2, 0.25) is 0 Å². The van der Waals surface area contributed by atoms with Crippen LogP contribution >= 0.6 is 11.3 Å². The van der Waals surface area contributed by atoms with E-state index in [9.17, 15) is 4.79 Å². The van der Waals surface area contributed by atoms with E-state index < -0.39 is 0 Å². The van der Waals surface area contributed by atoms with Crippen LogP contribution in [0.4, 0.5) is 0 Å². The summed E-state index contributed by atoms with van der Waals surface area (Å²) in [6, 6.07) is 13.2. The number of fused-ring (bicyclic) bond motifs is 2. The van der Waals surface area contributed by atoms with E-state index in [4.69, 9.17) is 4.74 Å². The first kappa shape index (κ1) is 17.5. The normalized spacial score (nSPS) is 11.2. The Morgan fingerprint density at radius 3 is 2.97 bits per heavy atom. The van der Waals surface area contributed by atoms with Crippen molar-refractivity contribution in [3.8, 4) is 17.3 Å². The van der Waals surface area contributed by atoms with E-state index in [1.807, 2.05) is 41.9 Å². The monoisotopic (exact) mass is 400 g/mol.